The minimum Gasteiger partial charge on any atom is -0.461 e. The highest BCUT2D eigenvalue weighted by Crippen LogP contribution is 2.23. The van der Waals surface area contributed by atoms with Crippen LogP contribution in [0.5, 0.6) is 0 Å². The number of furan rings is 1. The van der Waals surface area contributed by atoms with Crippen LogP contribution in [0.3, 0.4) is 0 Å². The maximum Gasteiger partial charge on any atom is 0.229 e. The van der Waals surface area contributed by atoms with Gasteiger partial charge < -0.3 is 9.73 Å². The molecule has 1 aliphatic heterocycles. The van der Waals surface area contributed by atoms with Gasteiger partial charge in [0.15, 0.2) is 16.4 Å². The van der Waals surface area contributed by atoms with E-state index in [1.165, 1.54) is 0 Å². The summed E-state index contributed by atoms with van der Waals surface area (Å²) in [6, 6.07) is 19.5. The van der Waals surface area contributed by atoms with Gasteiger partial charge in [0.25, 0.3) is 0 Å². The first-order valence-corrected chi connectivity index (χ1v) is 12.2. The molecule has 0 aliphatic carbocycles. The van der Waals surface area contributed by atoms with E-state index in [1.54, 1.807) is 6.26 Å². The van der Waals surface area contributed by atoms with E-state index in [4.69, 9.17) is 21.7 Å². The second-order valence-electron chi connectivity index (χ2n) is 8.87. The van der Waals surface area contributed by atoms with Crippen molar-refractivity contribution in [2.75, 3.05) is 18.4 Å². The third-order valence-electron chi connectivity index (χ3n) is 6.20. The van der Waals surface area contributed by atoms with Crippen molar-refractivity contribution < 1.29 is 9.21 Å². The molecule has 1 aliphatic rings. The average Bonchev–Trinajstić information content (AvgIpc) is 3.50. The molecule has 35 heavy (non-hydrogen) atoms. The zero-order valence-electron chi connectivity index (χ0n) is 19.6. The van der Waals surface area contributed by atoms with E-state index in [0.717, 1.165) is 30.6 Å². The summed E-state index contributed by atoms with van der Waals surface area (Å²) in [5.41, 5.74) is 2.01. The van der Waals surface area contributed by atoms with Crippen LogP contribution in [-0.2, 0) is 18.0 Å². The van der Waals surface area contributed by atoms with Crippen molar-refractivity contribution in [2.24, 2.45) is 5.92 Å². The standard InChI is InChI=1S/C26H28N6O2S/c1-19-8-5-13-23(27-19)28-25(33)21-11-6-14-30(17-21)18-32-26(35)31(16-20-9-3-2-4-10-20)24(29-32)22-12-7-15-34-22/h2-5,7-10,12-13,15,21H,6,11,14,16-18H2,1H3,(H,27,28,33)/t21-/m1/s1. The van der Waals surface area contributed by atoms with Crippen LogP contribution in [-0.4, -0.2) is 43.2 Å². The van der Waals surface area contributed by atoms with Crippen LogP contribution in [0.1, 0.15) is 24.1 Å². The Morgan fingerprint density at radius 1 is 1.14 bits per heavy atom. The van der Waals surface area contributed by atoms with Crippen molar-refractivity contribution in [1.29, 1.82) is 0 Å². The van der Waals surface area contributed by atoms with E-state index in [9.17, 15) is 4.79 Å². The van der Waals surface area contributed by atoms with E-state index < -0.39 is 0 Å². The van der Waals surface area contributed by atoms with Gasteiger partial charge in [-0.2, -0.15) is 0 Å². The third-order valence-corrected chi connectivity index (χ3v) is 6.63. The van der Waals surface area contributed by atoms with Crippen LogP contribution in [0.4, 0.5) is 5.82 Å². The lowest BCUT2D eigenvalue weighted by Gasteiger charge is -2.31. The number of carbonyl (C=O) groups is 1. The second-order valence-corrected chi connectivity index (χ2v) is 9.23. The maximum absolute atomic E-state index is 12.9. The Balaban J connectivity index is 1.33. The van der Waals surface area contributed by atoms with Crippen LogP contribution >= 0.6 is 12.2 Å². The molecule has 4 aromatic rings. The molecule has 1 saturated heterocycles. The molecule has 4 heterocycles. The lowest BCUT2D eigenvalue weighted by molar-refractivity contribution is -0.121. The monoisotopic (exact) mass is 488 g/mol. The van der Waals surface area contributed by atoms with Gasteiger partial charge in [0.2, 0.25) is 5.91 Å². The number of carbonyl (C=O) groups excluding carboxylic acids is 1. The number of nitrogens with zero attached hydrogens (tertiary/aromatic N) is 5. The molecular weight excluding hydrogens is 460 g/mol. The van der Waals surface area contributed by atoms with Crippen LogP contribution in [0.15, 0.2) is 71.3 Å². The number of aromatic nitrogens is 4. The summed E-state index contributed by atoms with van der Waals surface area (Å²) in [7, 11) is 0. The predicted octanol–water partition coefficient (Wildman–Crippen LogP) is 4.73. The lowest BCUT2D eigenvalue weighted by Crippen LogP contribution is -2.41. The van der Waals surface area contributed by atoms with Gasteiger partial charge in [-0.3, -0.25) is 14.3 Å². The van der Waals surface area contributed by atoms with Crippen molar-refractivity contribution in [3.8, 4) is 11.6 Å². The summed E-state index contributed by atoms with van der Waals surface area (Å²) in [6.45, 7) is 4.55. The van der Waals surface area contributed by atoms with Gasteiger partial charge in [-0.15, -0.1) is 5.10 Å². The molecule has 1 fully saturated rings. The number of piperidine rings is 1. The Bertz CT molecular complexity index is 1350. The number of hydrogen-bond donors (Lipinski definition) is 1. The number of nitrogens with one attached hydrogen (secondary N) is 1. The number of benzene rings is 1. The molecule has 5 rings (SSSR count). The van der Waals surface area contributed by atoms with Gasteiger partial charge in [-0.1, -0.05) is 36.4 Å². The van der Waals surface area contributed by atoms with Crippen LogP contribution in [0.2, 0.25) is 0 Å². The lowest BCUT2D eigenvalue weighted by atomic mass is 9.97. The Labute approximate surface area is 209 Å². The smallest absolute Gasteiger partial charge is 0.229 e. The largest absolute Gasteiger partial charge is 0.461 e. The molecule has 0 unspecified atom stereocenters. The highest BCUT2D eigenvalue weighted by atomic mass is 32.1. The van der Waals surface area contributed by atoms with E-state index in [-0.39, 0.29) is 11.8 Å². The Morgan fingerprint density at radius 3 is 2.77 bits per heavy atom. The Morgan fingerprint density at radius 2 is 2.00 bits per heavy atom. The summed E-state index contributed by atoms with van der Waals surface area (Å²) >= 11 is 5.84. The van der Waals surface area contributed by atoms with Crippen molar-refractivity contribution in [1.82, 2.24) is 24.2 Å². The molecule has 0 bridgehead atoms. The minimum atomic E-state index is -0.115. The van der Waals surface area contributed by atoms with Gasteiger partial charge in [0.1, 0.15) is 5.82 Å². The van der Waals surface area contributed by atoms with Crippen molar-refractivity contribution >= 4 is 23.9 Å². The van der Waals surface area contributed by atoms with E-state index in [2.05, 4.69) is 27.3 Å². The Kier molecular flexibility index (Phi) is 6.87. The number of amides is 1. The fourth-order valence-corrected chi connectivity index (χ4v) is 4.71. The molecule has 0 saturated carbocycles. The number of aryl methyl sites for hydroxylation is 1. The fraction of sp³-hybridized carbons (Fsp3) is 0.308. The van der Waals surface area contributed by atoms with Gasteiger partial charge in [-0.25, -0.2) is 9.67 Å². The van der Waals surface area contributed by atoms with E-state index in [1.807, 2.05) is 64.7 Å². The van der Waals surface area contributed by atoms with Crippen LogP contribution in [0.25, 0.3) is 11.6 Å². The quantitative estimate of drug-likeness (QED) is 0.379. The summed E-state index contributed by atoms with van der Waals surface area (Å²) in [5.74, 6) is 1.85. The molecule has 3 aromatic heterocycles. The van der Waals surface area contributed by atoms with Gasteiger partial charge >= 0.3 is 0 Å². The van der Waals surface area contributed by atoms with Crippen LogP contribution < -0.4 is 5.32 Å². The van der Waals surface area contributed by atoms with Crippen molar-refractivity contribution in [3.05, 3.63) is 83.0 Å². The van der Waals surface area contributed by atoms with Gasteiger partial charge in [-0.05, 0) is 68.4 Å². The van der Waals surface area contributed by atoms with E-state index >= 15 is 0 Å². The number of likely N-dealkylation sites (tertiary alicyclic amines) is 1. The highest BCUT2D eigenvalue weighted by molar-refractivity contribution is 7.71. The SMILES string of the molecule is Cc1cccc(NC(=O)[C@@H]2CCCN(Cn3nc(-c4ccco4)n(Cc4ccccc4)c3=S)C2)n1. The normalized spacial score (nSPS) is 16.3. The molecule has 1 amide bonds. The fourth-order valence-electron chi connectivity index (χ4n) is 4.46. The van der Waals surface area contributed by atoms with Crippen LogP contribution in [0, 0.1) is 17.6 Å². The molecule has 8 nitrogen and oxygen atoms in total. The molecule has 1 atom stereocenters. The zero-order valence-corrected chi connectivity index (χ0v) is 20.4. The first-order chi connectivity index (χ1) is 17.1. The molecule has 0 radical (unpaired) electrons. The summed E-state index contributed by atoms with van der Waals surface area (Å²) in [6.07, 6.45) is 3.42. The van der Waals surface area contributed by atoms with Gasteiger partial charge in [0.05, 0.1) is 25.4 Å². The topological polar surface area (TPSA) is 81.1 Å². The molecule has 0 spiro atoms. The molecular formula is C26H28N6O2S. The van der Waals surface area contributed by atoms with Crippen molar-refractivity contribution in [2.45, 2.75) is 33.0 Å². The van der Waals surface area contributed by atoms with Gasteiger partial charge in [0, 0.05) is 12.2 Å². The predicted molar refractivity (Wildman–Crippen MR) is 136 cm³/mol. The summed E-state index contributed by atoms with van der Waals surface area (Å²) < 4.78 is 10.1. The molecule has 1 N–H and O–H groups in total. The zero-order chi connectivity index (χ0) is 24.2. The first kappa shape index (κ1) is 23.2. The van der Waals surface area contributed by atoms with Crippen molar-refractivity contribution in [3.63, 3.8) is 0 Å². The number of pyridine rings is 1. The first-order valence-electron chi connectivity index (χ1n) is 11.8. The third kappa shape index (κ3) is 5.41. The number of hydrogen-bond acceptors (Lipinski definition) is 6. The molecule has 180 valence electrons. The molecule has 9 heteroatoms. The Hall–Kier alpha value is -3.56. The summed E-state index contributed by atoms with van der Waals surface area (Å²) in [5, 5.41) is 7.79. The minimum absolute atomic E-state index is 0.00211. The average molecular weight is 489 g/mol. The number of anilines is 1. The second kappa shape index (κ2) is 10.4. The highest BCUT2D eigenvalue weighted by Gasteiger charge is 2.27. The molecule has 1 aromatic carbocycles. The maximum atomic E-state index is 12.9. The van der Waals surface area contributed by atoms with E-state index in [0.29, 0.717) is 41.9 Å². The number of rotatable bonds is 7. The summed E-state index contributed by atoms with van der Waals surface area (Å²) in [4.78, 5) is 19.6.